The Morgan fingerprint density at radius 3 is 2.56 bits per heavy atom. The predicted molar refractivity (Wildman–Crippen MR) is 74.5 cm³/mol. The van der Waals surface area contributed by atoms with Crippen LogP contribution in [0.4, 0.5) is 0 Å². The lowest BCUT2D eigenvalue weighted by Gasteiger charge is -2.09. The first kappa shape index (κ1) is 13.1. The molecule has 18 heavy (non-hydrogen) atoms. The van der Waals surface area contributed by atoms with Crippen LogP contribution in [0.5, 0.6) is 0 Å². The molecule has 0 amide bonds. The lowest BCUT2D eigenvalue weighted by Crippen LogP contribution is -2.03. The standard InChI is InChI=1S/C13H18N4S/c1-4-9-17-12(11-5-7-14-8-6-11)15-16-13(17)18-10(2)3/h5-8,10H,4,9H2,1-3H3. The fraction of sp³-hybridized carbons (Fsp3) is 0.462. The summed E-state index contributed by atoms with van der Waals surface area (Å²) in [5.74, 6) is 0.933. The quantitative estimate of drug-likeness (QED) is 0.776. The van der Waals surface area contributed by atoms with Gasteiger partial charge in [-0.25, -0.2) is 0 Å². The Morgan fingerprint density at radius 2 is 1.94 bits per heavy atom. The first-order valence-corrected chi connectivity index (χ1v) is 7.10. The van der Waals surface area contributed by atoms with Gasteiger partial charge in [0.15, 0.2) is 11.0 Å². The maximum Gasteiger partial charge on any atom is 0.191 e. The molecule has 0 unspecified atom stereocenters. The van der Waals surface area contributed by atoms with Crippen LogP contribution in [0, 0.1) is 0 Å². The Morgan fingerprint density at radius 1 is 1.22 bits per heavy atom. The van der Waals surface area contributed by atoms with Crippen LogP contribution in [0.1, 0.15) is 27.2 Å². The zero-order valence-corrected chi connectivity index (χ0v) is 11.8. The fourth-order valence-corrected chi connectivity index (χ4v) is 2.54. The Labute approximate surface area is 112 Å². The summed E-state index contributed by atoms with van der Waals surface area (Å²) in [7, 11) is 0. The average molecular weight is 262 g/mol. The van der Waals surface area contributed by atoms with Crippen molar-refractivity contribution < 1.29 is 0 Å². The van der Waals surface area contributed by atoms with E-state index in [-0.39, 0.29) is 0 Å². The summed E-state index contributed by atoms with van der Waals surface area (Å²) in [4.78, 5) is 4.04. The predicted octanol–water partition coefficient (Wildman–Crippen LogP) is 3.25. The van der Waals surface area contributed by atoms with Gasteiger partial charge in [-0.3, -0.25) is 4.98 Å². The van der Waals surface area contributed by atoms with Crippen molar-refractivity contribution in [3.05, 3.63) is 24.5 Å². The molecule has 0 N–H and O–H groups in total. The molecule has 0 saturated carbocycles. The number of hydrogen-bond acceptors (Lipinski definition) is 4. The van der Waals surface area contributed by atoms with Crippen molar-refractivity contribution >= 4 is 11.8 Å². The highest BCUT2D eigenvalue weighted by molar-refractivity contribution is 7.99. The van der Waals surface area contributed by atoms with Crippen molar-refractivity contribution in [2.75, 3.05) is 0 Å². The molecule has 0 radical (unpaired) electrons. The minimum Gasteiger partial charge on any atom is -0.302 e. The molecule has 0 aliphatic heterocycles. The summed E-state index contributed by atoms with van der Waals surface area (Å²) >= 11 is 1.75. The van der Waals surface area contributed by atoms with Crippen molar-refractivity contribution in [3.8, 4) is 11.4 Å². The molecule has 4 nitrogen and oxygen atoms in total. The van der Waals surface area contributed by atoms with Gasteiger partial charge >= 0.3 is 0 Å². The van der Waals surface area contributed by atoms with Crippen LogP contribution < -0.4 is 0 Å². The maximum absolute atomic E-state index is 4.32. The third kappa shape index (κ3) is 2.90. The smallest absolute Gasteiger partial charge is 0.191 e. The summed E-state index contributed by atoms with van der Waals surface area (Å²) in [6.45, 7) is 7.45. The lowest BCUT2D eigenvalue weighted by molar-refractivity contribution is 0.625. The molecule has 96 valence electrons. The molecule has 2 heterocycles. The Kier molecular flexibility index (Phi) is 4.36. The number of nitrogens with zero attached hydrogens (tertiary/aromatic N) is 4. The molecule has 0 aliphatic rings. The third-order valence-corrected chi connectivity index (χ3v) is 3.43. The van der Waals surface area contributed by atoms with Gasteiger partial charge in [0, 0.05) is 29.8 Å². The first-order valence-electron chi connectivity index (χ1n) is 6.22. The SMILES string of the molecule is CCCn1c(SC(C)C)nnc1-c1ccncc1. The fourth-order valence-electron chi connectivity index (χ4n) is 1.73. The monoisotopic (exact) mass is 262 g/mol. The number of thioether (sulfide) groups is 1. The van der Waals surface area contributed by atoms with Crippen molar-refractivity contribution in [2.45, 2.75) is 44.1 Å². The van der Waals surface area contributed by atoms with Gasteiger partial charge in [-0.05, 0) is 18.6 Å². The molecule has 2 aromatic heterocycles. The van der Waals surface area contributed by atoms with Crippen molar-refractivity contribution in [2.24, 2.45) is 0 Å². The van der Waals surface area contributed by atoms with Crippen LogP contribution >= 0.6 is 11.8 Å². The minimum absolute atomic E-state index is 0.509. The van der Waals surface area contributed by atoms with E-state index in [9.17, 15) is 0 Å². The molecule has 0 spiro atoms. The van der Waals surface area contributed by atoms with Crippen LogP contribution in [0.3, 0.4) is 0 Å². The van der Waals surface area contributed by atoms with Crippen LogP contribution in [-0.4, -0.2) is 25.0 Å². The molecule has 5 heteroatoms. The highest BCUT2D eigenvalue weighted by Gasteiger charge is 2.14. The molecular weight excluding hydrogens is 244 g/mol. The summed E-state index contributed by atoms with van der Waals surface area (Å²) < 4.78 is 2.19. The Balaban J connectivity index is 2.39. The summed E-state index contributed by atoms with van der Waals surface area (Å²) in [6, 6.07) is 3.94. The number of pyridine rings is 1. The number of hydrogen-bond donors (Lipinski definition) is 0. The van der Waals surface area contributed by atoms with Crippen molar-refractivity contribution in [1.29, 1.82) is 0 Å². The molecule has 0 aliphatic carbocycles. The molecule has 0 bridgehead atoms. The summed E-state index contributed by atoms with van der Waals surface area (Å²) in [5, 5.41) is 10.1. The van der Waals surface area contributed by atoms with Gasteiger partial charge in [-0.1, -0.05) is 32.5 Å². The molecular formula is C13H18N4S. The maximum atomic E-state index is 4.32. The van der Waals surface area contributed by atoms with Crippen molar-refractivity contribution in [3.63, 3.8) is 0 Å². The van der Waals surface area contributed by atoms with Crippen LogP contribution in [0.2, 0.25) is 0 Å². The Hall–Kier alpha value is -1.36. The zero-order valence-electron chi connectivity index (χ0n) is 11.0. The molecule has 0 saturated heterocycles. The summed E-state index contributed by atoms with van der Waals surface area (Å²) in [5.41, 5.74) is 1.07. The van der Waals surface area contributed by atoms with Crippen molar-refractivity contribution in [1.82, 2.24) is 19.7 Å². The lowest BCUT2D eigenvalue weighted by atomic mass is 10.2. The highest BCUT2D eigenvalue weighted by Crippen LogP contribution is 2.26. The van der Waals surface area contributed by atoms with E-state index in [0.717, 1.165) is 29.5 Å². The zero-order chi connectivity index (χ0) is 13.0. The van der Waals surface area contributed by atoms with E-state index in [1.54, 1.807) is 24.2 Å². The molecule has 2 rings (SSSR count). The van der Waals surface area contributed by atoms with Crippen LogP contribution in [-0.2, 0) is 6.54 Å². The van der Waals surface area contributed by atoms with Gasteiger partial charge in [0.2, 0.25) is 0 Å². The van der Waals surface area contributed by atoms with Crippen LogP contribution in [0.15, 0.2) is 29.7 Å². The highest BCUT2D eigenvalue weighted by atomic mass is 32.2. The van der Waals surface area contributed by atoms with Gasteiger partial charge in [0.05, 0.1) is 0 Å². The van der Waals surface area contributed by atoms with E-state index in [1.165, 1.54) is 0 Å². The van der Waals surface area contributed by atoms with E-state index < -0.39 is 0 Å². The third-order valence-electron chi connectivity index (χ3n) is 2.44. The second-order valence-electron chi connectivity index (χ2n) is 4.36. The van der Waals surface area contributed by atoms with E-state index in [0.29, 0.717) is 5.25 Å². The first-order chi connectivity index (χ1) is 8.72. The van der Waals surface area contributed by atoms with Crippen LogP contribution in [0.25, 0.3) is 11.4 Å². The normalized spacial score (nSPS) is 11.1. The molecule has 0 fully saturated rings. The number of rotatable bonds is 5. The second-order valence-corrected chi connectivity index (χ2v) is 5.90. The molecule has 0 atom stereocenters. The minimum atomic E-state index is 0.509. The Bertz CT molecular complexity index is 493. The van der Waals surface area contributed by atoms with E-state index in [4.69, 9.17) is 0 Å². The van der Waals surface area contributed by atoms with E-state index >= 15 is 0 Å². The molecule has 0 aromatic carbocycles. The van der Waals surface area contributed by atoms with Gasteiger partial charge in [0.25, 0.3) is 0 Å². The largest absolute Gasteiger partial charge is 0.302 e. The summed E-state index contributed by atoms with van der Waals surface area (Å²) in [6.07, 6.45) is 4.65. The van der Waals surface area contributed by atoms with E-state index in [2.05, 4.69) is 40.5 Å². The van der Waals surface area contributed by atoms with Gasteiger partial charge in [-0.2, -0.15) is 0 Å². The number of aromatic nitrogens is 4. The van der Waals surface area contributed by atoms with Gasteiger partial charge in [0.1, 0.15) is 0 Å². The average Bonchev–Trinajstić information content (AvgIpc) is 2.73. The molecule has 2 aromatic rings. The van der Waals surface area contributed by atoms with Gasteiger partial charge in [-0.15, -0.1) is 10.2 Å². The van der Waals surface area contributed by atoms with E-state index in [1.807, 2.05) is 12.1 Å². The topological polar surface area (TPSA) is 43.6 Å². The second kappa shape index (κ2) is 6.00. The van der Waals surface area contributed by atoms with Gasteiger partial charge < -0.3 is 4.57 Å².